The van der Waals surface area contributed by atoms with E-state index in [0.717, 1.165) is 57.4 Å². The largest absolute Gasteiger partial charge is 0.342 e. The number of carbonyl (C=O) groups is 1. The van der Waals surface area contributed by atoms with Gasteiger partial charge in [0.15, 0.2) is 0 Å². The molecule has 2 fully saturated rings. The third-order valence-electron chi connectivity index (χ3n) is 4.94. The van der Waals surface area contributed by atoms with E-state index in [4.69, 9.17) is 0 Å². The molecule has 5 heteroatoms. The third kappa shape index (κ3) is 3.69. The maximum atomic E-state index is 12.2. The summed E-state index contributed by atoms with van der Waals surface area (Å²) < 4.78 is 0. The minimum atomic E-state index is 0.351. The van der Waals surface area contributed by atoms with Crippen LogP contribution < -0.4 is 5.32 Å². The summed E-state index contributed by atoms with van der Waals surface area (Å²) >= 11 is 1.75. The van der Waals surface area contributed by atoms with E-state index in [1.165, 1.54) is 5.01 Å². The number of carbonyl (C=O) groups excluding carboxylic acids is 1. The Morgan fingerprint density at radius 2 is 2.23 bits per heavy atom. The molecule has 2 heterocycles. The van der Waals surface area contributed by atoms with Gasteiger partial charge in [-0.15, -0.1) is 11.3 Å². The average molecular weight is 321 g/mol. The lowest BCUT2D eigenvalue weighted by Gasteiger charge is -2.39. The van der Waals surface area contributed by atoms with Crippen LogP contribution in [0.2, 0.25) is 0 Å². The van der Waals surface area contributed by atoms with Crippen molar-refractivity contribution < 1.29 is 4.79 Å². The molecule has 1 aromatic rings. The van der Waals surface area contributed by atoms with Crippen molar-refractivity contribution in [2.24, 2.45) is 11.8 Å². The number of amides is 1. The highest BCUT2D eigenvalue weighted by atomic mass is 32.1. The van der Waals surface area contributed by atoms with Gasteiger partial charge in [-0.25, -0.2) is 4.98 Å². The maximum Gasteiger partial charge on any atom is 0.225 e. The fraction of sp³-hybridized carbons (Fsp3) is 0.765. The Balaban J connectivity index is 1.51. The molecule has 1 aliphatic heterocycles. The van der Waals surface area contributed by atoms with Crippen molar-refractivity contribution >= 4 is 17.2 Å². The number of likely N-dealkylation sites (tertiary alicyclic amines) is 1. The highest BCUT2D eigenvalue weighted by molar-refractivity contribution is 7.09. The van der Waals surface area contributed by atoms with Crippen molar-refractivity contribution in [3.8, 4) is 0 Å². The van der Waals surface area contributed by atoms with Crippen LogP contribution in [0.3, 0.4) is 0 Å². The van der Waals surface area contributed by atoms with Crippen LogP contribution in [-0.2, 0) is 17.8 Å². The molecule has 0 radical (unpaired) electrons. The third-order valence-corrected chi connectivity index (χ3v) is 5.99. The van der Waals surface area contributed by atoms with Gasteiger partial charge in [-0.1, -0.05) is 20.3 Å². The van der Waals surface area contributed by atoms with Gasteiger partial charge in [0, 0.05) is 37.0 Å². The van der Waals surface area contributed by atoms with E-state index < -0.39 is 0 Å². The first-order valence-corrected chi connectivity index (χ1v) is 9.54. The molecule has 3 rings (SSSR count). The first-order chi connectivity index (χ1) is 10.7. The summed E-state index contributed by atoms with van der Waals surface area (Å²) in [4.78, 5) is 19.0. The van der Waals surface area contributed by atoms with Crippen molar-refractivity contribution in [1.29, 1.82) is 0 Å². The van der Waals surface area contributed by atoms with Gasteiger partial charge < -0.3 is 10.2 Å². The first-order valence-electron chi connectivity index (χ1n) is 8.66. The molecule has 1 amide bonds. The van der Waals surface area contributed by atoms with E-state index in [9.17, 15) is 4.79 Å². The molecule has 122 valence electrons. The molecular formula is C17H27N3OS. The Morgan fingerprint density at radius 3 is 2.86 bits per heavy atom. The number of aromatic nitrogens is 1. The molecule has 0 bridgehead atoms. The van der Waals surface area contributed by atoms with E-state index >= 15 is 0 Å². The Bertz CT molecular complexity index is 512. The molecule has 0 spiro atoms. The van der Waals surface area contributed by atoms with Crippen LogP contribution in [-0.4, -0.2) is 34.9 Å². The summed E-state index contributed by atoms with van der Waals surface area (Å²) in [7, 11) is 0. The second-order valence-electron chi connectivity index (χ2n) is 6.59. The van der Waals surface area contributed by atoms with Crippen LogP contribution >= 0.6 is 11.3 Å². The molecule has 22 heavy (non-hydrogen) atoms. The molecule has 1 saturated carbocycles. The van der Waals surface area contributed by atoms with E-state index in [0.29, 0.717) is 23.8 Å². The molecule has 4 nitrogen and oxygen atoms in total. The van der Waals surface area contributed by atoms with Crippen LogP contribution in [0.1, 0.15) is 50.2 Å². The van der Waals surface area contributed by atoms with E-state index in [1.807, 2.05) is 0 Å². The van der Waals surface area contributed by atoms with Gasteiger partial charge in [-0.05, 0) is 31.6 Å². The zero-order valence-corrected chi connectivity index (χ0v) is 14.5. The summed E-state index contributed by atoms with van der Waals surface area (Å²) in [6.07, 6.45) is 5.43. The Morgan fingerprint density at radius 1 is 1.41 bits per heavy atom. The topological polar surface area (TPSA) is 45.2 Å². The maximum absolute atomic E-state index is 12.2. The summed E-state index contributed by atoms with van der Waals surface area (Å²) in [6, 6.07) is 0.514. The number of thiazole rings is 1. The predicted molar refractivity (Wildman–Crippen MR) is 89.8 cm³/mol. The van der Waals surface area contributed by atoms with Gasteiger partial charge in [0.25, 0.3) is 0 Å². The first kappa shape index (κ1) is 15.9. The number of nitrogens with one attached hydrogen (secondary N) is 1. The van der Waals surface area contributed by atoms with Gasteiger partial charge in [-0.2, -0.15) is 0 Å². The van der Waals surface area contributed by atoms with Crippen LogP contribution in [0.25, 0.3) is 0 Å². The molecule has 1 aliphatic carbocycles. The lowest BCUT2D eigenvalue weighted by molar-refractivity contribution is -0.134. The number of aryl methyl sites for hydroxylation is 1. The number of nitrogens with zero attached hydrogens (tertiary/aromatic N) is 2. The van der Waals surface area contributed by atoms with Crippen molar-refractivity contribution in [2.45, 2.75) is 58.5 Å². The highest BCUT2D eigenvalue weighted by Crippen LogP contribution is 2.33. The molecule has 2 atom stereocenters. The Hall–Kier alpha value is -0.940. The van der Waals surface area contributed by atoms with Gasteiger partial charge in [-0.3, -0.25) is 4.79 Å². The Labute approximate surface area is 137 Å². The van der Waals surface area contributed by atoms with Crippen LogP contribution in [0.15, 0.2) is 5.38 Å². The number of piperidine rings is 1. The van der Waals surface area contributed by atoms with Gasteiger partial charge in [0.05, 0.1) is 10.7 Å². The second kappa shape index (κ2) is 7.09. The molecule has 1 N–H and O–H groups in total. The normalized spacial score (nSPS) is 25.5. The standard InChI is InChI=1S/C17H27N3OS/c1-3-12-10-20(17(21)13-5-6-13)8-7-15(12)18-9-14-11-22-16(4-2)19-14/h11-13,15,18H,3-10H2,1-2H3/t12-,15+/m0/s1. The van der Waals surface area contributed by atoms with Crippen LogP contribution in [0, 0.1) is 11.8 Å². The number of hydrogen-bond donors (Lipinski definition) is 1. The molecule has 1 aromatic heterocycles. The van der Waals surface area contributed by atoms with Crippen molar-refractivity contribution in [2.75, 3.05) is 13.1 Å². The highest BCUT2D eigenvalue weighted by Gasteiger charge is 2.37. The van der Waals surface area contributed by atoms with Gasteiger partial charge >= 0.3 is 0 Å². The summed E-state index contributed by atoms with van der Waals surface area (Å²) in [6.45, 7) is 7.09. The van der Waals surface area contributed by atoms with Crippen molar-refractivity contribution in [3.05, 3.63) is 16.1 Å². The summed E-state index contributed by atoms with van der Waals surface area (Å²) in [5.41, 5.74) is 1.16. The number of hydrogen-bond acceptors (Lipinski definition) is 4. The molecule has 0 unspecified atom stereocenters. The quantitative estimate of drug-likeness (QED) is 0.876. The zero-order valence-electron chi connectivity index (χ0n) is 13.7. The molecule has 2 aliphatic rings. The number of rotatable bonds is 6. The summed E-state index contributed by atoms with van der Waals surface area (Å²) in [5, 5.41) is 7.07. The monoisotopic (exact) mass is 321 g/mol. The van der Waals surface area contributed by atoms with Gasteiger partial charge in [0.2, 0.25) is 5.91 Å². The summed E-state index contributed by atoms with van der Waals surface area (Å²) in [5.74, 6) is 1.33. The van der Waals surface area contributed by atoms with E-state index in [1.54, 1.807) is 11.3 Å². The van der Waals surface area contributed by atoms with Crippen LogP contribution in [0.4, 0.5) is 0 Å². The Kier molecular flexibility index (Phi) is 5.14. The van der Waals surface area contributed by atoms with E-state index in [2.05, 4.69) is 34.4 Å². The minimum Gasteiger partial charge on any atom is -0.342 e. The SMILES string of the molecule is CCc1nc(CN[C@@H]2CCN(C(=O)C3CC3)C[C@@H]2CC)cs1. The van der Waals surface area contributed by atoms with Crippen molar-refractivity contribution in [3.63, 3.8) is 0 Å². The lowest BCUT2D eigenvalue weighted by Crippen LogP contribution is -2.51. The molecule has 1 saturated heterocycles. The minimum absolute atomic E-state index is 0.351. The fourth-order valence-electron chi connectivity index (χ4n) is 3.33. The fourth-order valence-corrected chi connectivity index (χ4v) is 4.08. The van der Waals surface area contributed by atoms with Gasteiger partial charge in [0.1, 0.15) is 0 Å². The van der Waals surface area contributed by atoms with Crippen molar-refractivity contribution in [1.82, 2.24) is 15.2 Å². The molecule has 0 aromatic carbocycles. The smallest absolute Gasteiger partial charge is 0.225 e. The van der Waals surface area contributed by atoms with Crippen LogP contribution in [0.5, 0.6) is 0 Å². The van der Waals surface area contributed by atoms with E-state index in [-0.39, 0.29) is 0 Å². The predicted octanol–water partition coefficient (Wildman–Crippen LogP) is 2.83. The molecular weight excluding hydrogens is 294 g/mol. The average Bonchev–Trinajstić information content (AvgIpc) is 3.30. The second-order valence-corrected chi connectivity index (χ2v) is 7.53. The zero-order chi connectivity index (χ0) is 15.5. The lowest BCUT2D eigenvalue weighted by atomic mass is 9.89.